The summed E-state index contributed by atoms with van der Waals surface area (Å²) in [5.41, 5.74) is 0.919. The van der Waals surface area contributed by atoms with Crippen molar-refractivity contribution < 1.29 is 10.2 Å². The van der Waals surface area contributed by atoms with E-state index in [2.05, 4.69) is 10.3 Å². The summed E-state index contributed by atoms with van der Waals surface area (Å²) in [7, 11) is 3.07. The molecule has 9 heteroatoms. The molecule has 0 bridgehead atoms. The van der Waals surface area contributed by atoms with Crippen LogP contribution in [0.3, 0.4) is 0 Å². The predicted molar refractivity (Wildman–Crippen MR) is 106 cm³/mol. The topological polar surface area (TPSA) is 114 Å². The van der Waals surface area contributed by atoms with E-state index in [1.54, 1.807) is 30.1 Å². The van der Waals surface area contributed by atoms with Gasteiger partial charge in [-0.1, -0.05) is 0 Å². The summed E-state index contributed by atoms with van der Waals surface area (Å²) in [6.45, 7) is 3.32. The first-order valence-electron chi connectivity index (χ1n) is 9.14. The standard InChI is InChI=1S/C19H25N5O4/c1-12(20-6-4-13-8-14(25)10-15(26)9-13)5-7-24-11-21-17-16(24)18(27)23(3)19(28)22(17)2/h8-12,20,25-26H,4-7H2,1-3H3. The lowest BCUT2D eigenvalue weighted by molar-refractivity contribution is 0.448. The maximum atomic E-state index is 12.4. The number of phenols is 2. The average Bonchev–Trinajstić information content (AvgIpc) is 3.06. The highest BCUT2D eigenvalue weighted by Gasteiger charge is 2.14. The van der Waals surface area contributed by atoms with E-state index in [1.165, 1.54) is 17.7 Å². The van der Waals surface area contributed by atoms with Gasteiger partial charge in [0.1, 0.15) is 11.5 Å². The molecule has 0 fully saturated rings. The lowest BCUT2D eigenvalue weighted by Gasteiger charge is -2.15. The summed E-state index contributed by atoms with van der Waals surface area (Å²) >= 11 is 0. The first kappa shape index (κ1) is 19.7. The molecule has 0 aliphatic carbocycles. The molecule has 9 nitrogen and oxygen atoms in total. The number of phenolic OH excluding ortho intramolecular Hbond substituents is 2. The maximum absolute atomic E-state index is 12.4. The smallest absolute Gasteiger partial charge is 0.332 e. The van der Waals surface area contributed by atoms with Gasteiger partial charge in [-0.15, -0.1) is 0 Å². The van der Waals surface area contributed by atoms with Crippen LogP contribution in [-0.4, -0.2) is 41.5 Å². The van der Waals surface area contributed by atoms with Crippen molar-refractivity contribution >= 4 is 11.2 Å². The van der Waals surface area contributed by atoms with Gasteiger partial charge in [0.25, 0.3) is 5.56 Å². The summed E-state index contributed by atoms with van der Waals surface area (Å²) in [4.78, 5) is 28.7. The van der Waals surface area contributed by atoms with Crippen molar-refractivity contribution in [3.8, 4) is 11.5 Å². The van der Waals surface area contributed by atoms with Gasteiger partial charge in [-0.25, -0.2) is 9.78 Å². The van der Waals surface area contributed by atoms with Crippen LogP contribution in [0.1, 0.15) is 18.9 Å². The zero-order chi connectivity index (χ0) is 20.4. The van der Waals surface area contributed by atoms with Gasteiger partial charge < -0.3 is 20.1 Å². The molecule has 150 valence electrons. The monoisotopic (exact) mass is 387 g/mol. The SMILES string of the molecule is CC(CCn1cnc2c1c(=O)n(C)c(=O)n2C)NCCc1cc(O)cc(O)c1. The van der Waals surface area contributed by atoms with Crippen LogP contribution in [0.5, 0.6) is 11.5 Å². The molecule has 0 aliphatic rings. The average molecular weight is 387 g/mol. The minimum atomic E-state index is -0.393. The number of aryl methyl sites for hydroxylation is 2. The zero-order valence-electron chi connectivity index (χ0n) is 16.2. The fraction of sp³-hybridized carbons (Fsp3) is 0.421. The molecule has 2 heterocycles. The van der Waals surface area contributed by atoms with Crippen LogP contribution in [0.15, 0.2) is 34.1 Å². The van der Waals surface area contributed by atoms with Crippen molar-refractivity contribution in [3.63, 3.8) is 0 Å². The van der Waals surface area contributed by atoms with Crippen LogP contribution in [0, 0.1) is 0 Å². The second-order valence-corrected chi connectivity index (χ2v) is 7.07. The Labute approximate surface area is 161 Å². The number of benzene rings is 1. The van der Waals surface area contributed by atoms with Gasteiger partial charge in [-0.3, -0.25) is 13.9 Å². The third-order valence-electron chi connectivity index (χ3n) is 4.89. The van der Waals surface area contributed by atoms with E-state index in [4.69, 9.17) is 0 Å². The van der Waals surface area contributed by atoms with Crippen LogP contribution in [0.4, 0.5) is 0 Å². The van der Waals surface area contributed by atoms with Crippen molar-refractivity contribution in [1.82, 2.24) is 24.0 Å². The van der Waals surface area contributed by atoms with E-state index >= 15 is 0 Å². The van der Waals surface area contributed by atoms with E-state index in [0.717, 1.165) is 16.6 Å². The molecule has 1 unspecified atom stereocenters. The van der Waals surface area contributed by atoms with Crippen LogP contribution in [0.2, 0.25) is 0 Å². The van der Waals surface area contributed by atoms with Crippen LogP contribution >= 0.6 is 0 Å². The molecular weight excluding hydrogens is 362 g/mol. The maximum Gasteiger partial charge on any atom is 0.332 e. The van der Waals surface area contributed by atoms with Crippen LogP contribution in [0.25, 0.3) is 11.2 Å². The van der Waals surface area contributed by atoms with Gasteiger partial charge in [-0.05, 0) is 44.0 Å². The highest BCUT2D eigenvalue weighted by atomic mass is 16.3. The Morgan fingerprint density at radius 3 is 2.46 bits per heavy atom. The molecular formula is C19H25N5O4. The number of hydrogen-bond acceptors (Lipinski definition) is 6. The molecule has 0 saturated carbocycles. The molecule has 2 aromatic heterocycles. The van der Waals surface area contributed by atoms with Crippen LogP contribution < -0.4 is 16.6 Å². The Balaban J connectivity index is 1.61. The summed E-state index contributed by atoms with van der Waals surface area (Å²) in [6.07, 6.45) is 3.03. The molecule has 3 rings (SSSR count). The number of aromatic hydroxyl groups is 2. The van der Waals surface area contributed by atoms with Crippen molar-refractivity contribution in [2.24, 2.45) is 14.1 Å². The van der Waals surface area contributed by atoms with Gasteiger partial charge in [0.2, 0.25) is 0 Å². The number of hydrogen-bond donors (Lipinski definition) is 3. The van der Waals surface area contributed by atoms with Gasteiger partial charge in [-0.2, -0.15) is 0 Å². The molecule has 3 N–H and O–H groups in total. The first-order chi connectivity index (χ1) is 13.3. The van der Waals surface area contributed by atoms with Crippen LogP contribution in [-0.2, 0) is 27.1 Å². The third kappa shape index (κ3) is 3.94. The molecule has 0 saturated heterocycles. The van der Waals surface area contributed by atoms with E-state index in [1.807, 2.05) is 6.92 Å². The minimum Gasteiger partial charge on any atom is -0.508 e. The number of nitrogens with one attached hydrogen (secondary N) is 1. The number of nitrogens with zero attached hydrogens (tertiary/aromatic N) is 4. The summed E-state index contributed by atoms with van der Waals surface area (Å²) < 4.78 is 4.25. The second kappa shape index (κ2) is 7.89. The van der Waals surface area contributed by atoms with E-state index < -0.39 is 5.69 Å². The Hall–Kier alpha value is -3.07. The highest BCUT2D eigenvalue weighted by molar-refractivity contribution is 5.69. The van der Waals surface area contributed by atoms with Crippen molar-refractivity contribution in [3.05, 3.63) is 50.9 Å². The Kier molecular flexibility index (Phi) is 5.55. The van der Waals surface area contributed by atoms with Crippen molar-refractivity contribution in [1.29, 1.82) is 0 Å². The molecule has 28 heavy (non-hydrogen) atoms. The predicted octanol–water partition coefficient (Wildman–Crippen LogP) is 0.456. The van der Waals surface area contributed by atoms with Gasteiger partial charge in [0.05, 0.1) is 6.33 Å². The second-order valence-electron chi connectivity index (χ2n) is 7.07. The number of aromatic nitrogens is 4. The Morgan fingerprint density at radius 1 is 1.11 bits per heavy atom. The third-order valence-corrected chi connectivity index (χ3v) is 4.89. The van der Waals surface area contributed by atoms with Crippen molar-refractivity contribution in [2.75, 3.05) is 6.54 Å². The molecule has 1 atom stereocenters. The highest BCUT2D eigenvalue weighted by Crippen LogP contribution is 2.20. The first-order valence-corrected chi connectivity index (χ1v) is 9.14. The van der Waals surface area contributed by atoms with Gasteiger partial charge in [0, 0.05) is 32.7 Å². The van der Waals surface area contributed by atoms with E-state index in [-0.39, 0.29) is 23.1 Å². The van der Waals surface area contributed by atoms with Crippen molar-refractivity contribution in [2.45, 2.75) is 32.4 Å². The Morgan fingerprint density at radius 2 is 1.79 bits per heavy atom. The number of rotatable bonds is 7. The largest absolute Gasteiger partial charge is 0.508 e. The quantitative estimate of drug-likeness (QED) is 0.543. The van der Waals surface area contributed by atoms with Gasteiger partial charge >= 0.3 is 5.69 Å². The summed E-state index contributed by atoms with van der Waals surface area (Å²) in [5.74, 6) is 0.0945. The molecule has 1 aromatic carbocycles. The lowest BCUT2D eigenvalue weighted by Crippen LogP contribution is -2.37. The minimum absolute atomic E-state index is 0.0472. The molecule has 0 aliphatic heterocycles. The molecule has 0 radical (unpaired) electrons. The number of imidazole rings is 1. The fourth-order valence-corrected chi connectivity index (χ4v) is 3.26. The molecule has 3 aromatic rings. The molecule has 0 amide bonds. The molecule has 0 spiro atoms. The number of fused-ring (bicyclic) bond motifs is 1. The van der Waals surface area contributed by atoms with E-state index in [9.17, 15) is 19.8 Å². The fourth-order valence-electron chi connectivity index (χ4n) is 3.26. The zero-order valence-corrected chi connectivity index (χ0v) is 16.2. The lowest BCUT2D eigenvalue weighted by atomic mass is 10.1. The van der Waals surface area contributed by atoms with Gasteiger partial charge in [0.15, 0.2) is 11.2 Å². The summed E-state index contributed by atoms with van der Waals surface area (Å²) in [5, 5.41) is 22.4. The summed E-state index contributed by atoms with van der Waals surface area (Å²) in [6, 6.07) is 4.74. The Bertz CT molecular complexity index is 1090. The normalized spacial score (nSPS) is 12.5. The van der Waals surface area contributed by atoms with E-state index in [0.29, 0.717) is 30.7 Å².